The number of amidine groups is 1. The van der Waals surface area contributed by atoms with Crippen LogP contribution in [0, 0.1) is 0 Å². The van der Waals surface area contributed by atoms with E-state index in [2.05, 4.69) is 34.3 Å². The van der Waals surface area contributed by atoms with Crippen molar-refractivity contribution < 1.29 is 0 Å². The summed E-state index contributed by atoms with van der Waals surface area (Å²) in [6.45, 7) is 2.91. The van der Waals surface area contributed by atoms with Crippen molar-refractivity contribution in [1.82, 2.24) is 10.3 Å². The maximum atomic E-state index is 6.43. The van der Waals surface area contributed by atoms with Gasteiger partial charge in [0, 0.05) is 33.1 Å². The number of aromatic nitrogens is 1. The van der Waals surface area contributed by atoms with E-state index in [1.807, 2.05) is 24.3 Å². The Hall–Kier alpha value is -1.68. The molecule has 0 fully saturated rings. The van der Waals surface area contributed by atoms with Crippen molar-refractivity contribution in [2.45, 2.75) is 13.0 Å². The predicted molar refractivity (Wildman–Crippen MR) is 105 cm³/mol. The Balaban J connectivity index is 0.00000169. The summed E-state index contributed by atoms with van der Waals surface area (Å²) in [4.78, 5) is 8.14. The highest BCUT2D eigenvalue weighted by atomic mass is 35.5. The zero-order valence-corrected chi connectivity index (χ0v) is 15.3. The number of aromatic amines is 1. The maximum Gasteiger partial charge on any atom is 0.131 e. The van der Waals surface area contributed by atoms with Gasteiger partial charge in [0.25, 0.3) is 0 Å². The topological polar surface area (TPSA) is 40.2 Å². The van der Waals surface area contributed by atoms with Gasteiger partial charge >= 0.3 is 0 Å². The number of aliphatic imine (C=N–C) groups is 1. The summed E-state index contributed by atoms with van der Waals surface area (Å²) in [7, 11) is 0. The number of benzene rings is 2. The fourth-order valence-corrected chi connectivity index (χ4v) is 3.49. The summed E-state index contributed by atoms with van der Waals surface area (Å²) in [6.07, 6.45) is 0. The molecule has 0 amide bonds. The highest BCUT2D eigenvalue weighted by molar-refractivity contribution is 6.36. The molecule has 6 heteroatoms. The minimum Gasteiger partial charge on any atom is -0.365 e. The lowest BCUT2D eigenvalue weighted by Crippen LogP contribution is -2.27. The molecule has 2 heterocycles. The van der Waals surface area contributed by atoms with Crippen LogP contribution in [0.2, 0.25) is 10.0 Å². The molecule has 0 aliphatic carbocycles. The van der Waals surface area contributed by atoms with Gasteiger partial charge in [-0.3, -0.25) is 4.99 Å². The van der Waals surface area contributed by atoms with Crippen LogP contribution in [0.25, 0.3) is 22.2 Å². The first-order valence-corrected chi connectivity index (χ1v) is 8.26. The van der Waals surface area contributed by atoms with Gasteiger partial charge < -0.3 is 10.3 Å². The Bertz CT molecular complexity index is 930. The first-order chi connectivity index (χ1) is 11.1. The molecule has 2 aromatic carbocycles. The number of nitrogens with zero attached hydrogens (tertiary/aromatic N) is 1. The van der Waals surface area contributed by atoms with Gasteiger partial charge in [-0.1, -0.05) is 41.4 Å². The van der Waals surface area contributed by atoms with Gasteiger partial charge in [-0.15, -0.1) is 12.4 Å². The van der Waals surface area contributed by atoms with Crippen molar-refractivity contribution in [3.63, 3.8) is 0 Å². The van der Waals surface area contributed by atoms with Crippen LogP contribution in [0.1, 0.15) is 12.5 Å². The molecule has 1 atom stereocenters. The lowest BCUT2D eigenvalue weighted by molar-refractivity contribution is 0.726. The fraction of sp³-hybridized carbons (Fsp3) is 0.167. The Morgan fingerprint density at radius 2 is 1.92 bits per heavy atom. The van der Waals surface area contributed by atoms with Crippen LogP contribution >= 0.6 is 35.6 Å². The highest BCUT2D eigenvalue weighted by Crippen LogP contribution is 2.36. The van der Waals surface area contributed by atoms with E-state index in [0.717, 1.165) is 40.1 Å². The van der Waals surface area contributed by atoms with Crippen LogP contribution < -0.4 is 5.32 Å². The Kier molecular flexibility index (Phi) is 4.77. The second-order valence-electron chi connectivity index (χ2n) is 5.78. The van der Waals surface area contributed by atoms with Gasteiger partial charge in [-0.2, -0.15) is 0 Å². The highest BCUT2D eigenvalue weighted by Gasteiger charge is 2.23. The molecular weight excluding hydrogens is 365 g/mol. The Morgan fingerprint density at radius 1 is 1.12 bits per heavy atom. The standard InChI is InChI=1S/C18H15Cl2N3.ClH/c1-10-9-21-18(22-10)16-13-4-2-3-5-15(13)23-17(16)12-7-6-11(19)8-14(12)20;/h2-8,10,23H,9H2,1H3,(H,21,22);1H. The summed E-state index contributed by atoms with van der Waals surface area (Å²) < 4.78 is 0. The van der Waals surface area contributed by atoms with Crippen LogP contribution in [0.15, 0.2) is 47.5 Å². The Morgan fingerprint density at radius 3 is 2.62 bits per heavy atom. The van der Waals surface area contributed by atoms with E-state index in [-0.39, 0.29) is 12.4 Å². The van der Waals surface area contributed by atoms with Crippen molar-refractivity contribution in [3.8, 4) is 11.3 Å². The molecule has 24 heavy (non-hydrogen) atoms. The third-order valence-electron chi connectivity index (χ3n) is 4.05. The quantitative estimate of drug-likeness (QED) is 0.622. The van der Waals surface area contributed by atoms with Crippen molar-refractivity contribution in [3.05, 3.63) is 58.1 Å². The van der Waals surface area contributed by atoms with Crippen molar-refractivity contribution in [2.24, 2.45) is 4.99 Å². The fourth-order valence-electron chi connectivity index (χ4n) is 2.99. The van der Waals surface area contributed by atoms with Crippen molar-refractivity contribution in [1.29, 1.82) is 0 Å². The minimum atomic E-state index is 0. The summed E-state index contributed by atoms with van der Waals surface area (Å²) in [5, 5.41) is 5.83. The maximum absolute atomic E-state index is 6.43. The molecule has 2 N–H and O–H groups in total. The van der Waals surface area contributed by atoms with Crippen LogP contribution in [-0.2, 0) is 0 Å². The summed E-state index contributed by atoms with van der Waals surface area (Å²) >= 11 is 12.5. The number of H-pyrrole nitrogens is 1. The predicted octanol–water partition coefficient (Wildman–Crippen LogP) is 5.30. The smallest absolute Gasteiger partial charge is 0.131 e. The zero-order chi connectivity index (χ0) is 16.0. The van der Waals surface area contributed by atoms with E-state index in [9.17, 15) is 0 Å². The van der Waals surface area contributed by atoms with Gasteiger partial charge in [-0.25, -0.2) is 0 Å². The van der Waals surface area contributed by atoms with Crippen LogP contribution in [0.3, 0.4) is 0 Å². The van der Waals surface area contributed by atoms with Gasteiger partial charge in [0.15, 0.2) is 0 Å². The largest absolute Gasteiger partial charge is 0.365 e. The lowest BCUT2D eigenvalue weighted by atomic mass is 10.0. The molecule has 1 unspecified atom stereocenters. The van der Waals surface area contributed by atoms with Crippen LogP contribution in [0.4, 0.5) is 0 Å². The number of hydrogen-bond acceptors (Lipinski definition) is 2. The first kappa shape index (κ1) is 17.2. The molecule has 0 saturated carbocycles. The number of fused-ring (bicyclic) bond motifs is 1. The van der Waals surface area contributed by atoms with Crippen LogP contribution in [0.5, 0.6) is 0 Å². The molecule has 0 saturated heterocycles. The van der Waals surface area contributed by atoms with E-state index in [0.29, 0.717) is 16.1 Å². The molecule has 1 aliphatic heterocycles. The van der Waals surface area contributed by atoms with E-state index in [1.165, 1.54) is 0 Å². The number of para-hydroxylation sites is 1. The second kappa shape index (κ2) is 6.67. The third kappa shape index (κ3) is 2.88. The number of nitrogens with one attached hydrogen (secondary N) is 2. The average Bonchev–Trinajstić information content (AvgIpc) is 3.10. The molecule has 1 aromatic heterocycles. The van der Waals surface area contributed by atoms with E-state index >= 15 is 0 Å². The number of halogens is 3. The molecule has 0 spiro atoms. The molecule has 3 aromatic rings. The average molecular weight is 381 g/mol. The second-order valence-corrected chi connectivity index (χ2v) is 6.62. The monoisotopic (exact) mass is 379 g/mol. The number of hydrogen-bond donors (Lipinski definition) is 2. The molecule has 1 aliphatic rings. The molecule has 3 nitrogen and oxygen atoms in total. The van der Waals surface area contributed by atoms with Gasteiger partial charge in [-0.05, 0) is 31.2 Å². The van der Waals surface area contributed by atoms with Crippen molar-refractivity contribution >= 4 is 52.3 Å². The number of rotatable bonds is 2. The SMILES string of the molecule is CC1CN=C(c2c(-c3ccc(Cl)cc3Cl)[nH]c3ccccc23)N1.Cl. The normalized spacial score (nSPS) is 16.6. The minimum absolute atomic E-state index is 0. The molecule has 0 bridgehead atoms. The molecule has 0 radical (unpaired) electrons. The lowest BCUT2D eigenvalue weighted by Gasteiger charge is -2.10. The van der Waals surface area contributed by atoms with Gasteiger partial charge in [0.05, 0.1) is 17.3 Å². The summed E-state index contributed by atoms with van der Waals surface area (Å²) in [5.74, 6) is 0.913. The zero-order valence-electron chi connectivity index (χ0n) is 12.9. The molecule has 124 valence electrons. The van der Waals surface area contributed by atoms with Crippen molar-refractivity contribution in [2.75, 3.05) is 6.54 Å². The summed E-state index contributed by atoms with van der Waals surface area (Å²) in [6, 6.07) is 14.1. The van der Waals surface area contributed by atoms with Gasteiger partial charge in [0.1, 0.15) is 5.84 Å². The van der Waals surface area contributed by atoms with Crippen LogP contribution in [-0.4, -0.2) is 23.4 Å². The summed E-state index contributed by atoms with van der Waals surface area (Å²) in [5.41, 5.74) is 4.02. The Labute approximate surface area is 156 Å². The first-order valence-electron chi connectivity index (χ1n) is 7.51. The third-order valence-corrected chi connectivity index (χ3v) is 4.60. The van der Waals surface area contributed by atoms with E-state index in [4.69, 9.17) is 23.2 Å². The van der Waals surface area contributed by atoms with Gasteiger partial charge in [0.2, 0.25) is 0 Å². The van der Waals surface area contributed by atoms with E-state index < -0.39 is 0 Å². The molecular formula is C18H16Cl3N3. The van der Waals surface area contributed by atoms with E-state index in [1.54, 1.807) is 6.07 Å². The molecule has 4 rings (SSSR count).